The highest BCUT2D eigenvalue weighted by atomic mass is 16.5. The highest BCUT2D eigenvalue weighted by molar-refractivity contribution is 5.93. The van der Waals surface area contributed by atoms with E-state index in [1.54, 1.807) is 18.2 Å². The molecular formula is C12H16N2O5. The second-order valence-corrected chi connectivity index (χ2v) is 3.72. The topological polar surface area (TPSA) is 96.9 Å². The number of hydrogen-bond donors (Lipinski definition) is 3. The van der Waals surface area contributed by atoms with Gasteiger partial charge in [-0.1, -0.05) is 0 Å². The molecule has 7 nitrogen and oxygen atoms in total. The van der Waals surface area contributed by atoms with E-state index in [0.29, 0.717) is 17.2 Å². The molecule has 0 spiro atoms. The summed E-state index contributed by atoms with van der Waals surface area (Å²) >= 11 is 0. The SMILES string of the molecule is COc1ccc(OC)c(NC(=O)NC(C)C(=O)O)c1. The van der Waals surface area contributed by atoms with E-state index in [4.69, 9.17) is 14.6 Å². The van der Waals surface area contributed by atoms with Gasteiger partial charge in [-0.2, -0.15) is 0 Å². The van der Waals surface area contributed by atoms with Crippen molar-refractivity contribution >= 4 is 17.7 Å². The Morgan fingerprint density at radius 1 is 1.26 bits per heavy atom. The minimum atomic E-state index is -1.12. The maximum atomic E-state index is 11.6. The van der Waals surface area contributed by atoms with Crippen LogP contribution >= 0.6 is 0 Å². The van der Waals surface area contributed by atoms with Crippen molar-refractivity contribution in [3.8, 4) is 11.5 Å². The summed E-state index contributed by atoms with van der Waals surface area (Å²) in [6.07, 6.45) is 0. The van der Waals surface area contributed by atoms with Crippen LogP contribution in [-0.2, 0) is 4.79 Å². The Morgan fingerprint density at radius 2 is 1.95 bits per heavy atom. The van der Waals surface area contributed by atoms with Crippen LogP contribution in [0.15, 0.2) is 18.2 Å². The maximum absolute atomic E-state index is 11.6. The van der Waals surface area contributed by atoms with Crippen LogP contribution in [0.5, 0.6) is 11.5 Å². The number of ether oxygens (including phenoxy) is 2. The van der Waals surface area contributed by atoms with Gasteiger partial charge < -0.3 is 25.2 Å². The van der Waals surface area contributed by atoms with Gasteiger partial charge in [0.15, 0.2) is 0 Å². The number of benzene rings is 1. The number of carboxylic acid groups (broad SMARTS) is 1. The lowest BCUT2D eigenvalue weighted by Gasteiger charge is -2.14. The van der Waals surface area contributed by atoms with Gasteiger partial charge in [0.2, 0.25) is 0 Å². The Morgan fingerprint density at radius 3 is 2.47 bits per heavy atom. The van der Waals surface area contributed by atoms with Crippen LogP contribution in [0, 0.1) is 0 Å². The standard InChI is InChI=1S/C12H16N2O5/c1-7(11(15)16)13-12(17)14-9-6-8(18-2)4-5-10(9)19-3/h4-7H,1-3H3,(H,15,16)(H2,13,14,17). The predicted molar refractivity (Wildman–Crippen MR) is 68.8 cm³/mol. The number of carbonyl (C=O) groups excluding carboxylic acids is 1. The Kier molecular flexibility index (Phi) is 4.99. The Labute approximate surface area is 110 Å². The van der Waals surface area contributed by atoms with Crippen molar-refractivity contribution in [1.82, 2.24) is 5.32 Å². The van der Waals surface area contributed by atoms with Crippen molar-refractivity contribution in [2.24, 2.45) is 0 Å². The van der Waals surface area contributed by atoms with Gasteiger partial charge in [-0.3, -0.25) is 4.79 Å². The van der Waals surface area contributed by atoms with Gasteiger partial charge in [-0.25, -0.2) is 4.79 Å². The fraction of sp³-hybridized carbons (Fsp3) is 0.333. The summed E-state index contributed by atoms with van der Waals surface area (Å²) < 4.78 is 10.1. The number of anilines is 1. The Hall–Kier alpha value is -2.44. The van der Waals surface area contributed by atoms with Gasteiger partial charge in [0.05, 0.1) is 19.9 Å². The minimum absolute atomic E-state index is 0.386. The number of methoxy groups -OCH3 is 2. The molecule has 0 saturated carbocycles. The van der Waals surface area contributed by atoms with Crippen molar-refractivity contribution in [1.29, 1.82) is 0 Å². The number of aliphatic carboxylic acids is 1. The number of urea groups is 1. The zero-order chi connectivity index (χ0) is 14.4. The Bertz CT molecular complexity index is 475. The summed E-state index contributed by atoms with van der Waals surface area (Å²) in [4.78, 5) is 22.2. The van der Waals surface area contributed by atoms with Crippen molar-refractivity contribution in [2.45, 2.75) is 13.0 Å². The van der Waals surface area contributed by atoms with Gasteiger partial charge in [0.1, 0.15) is 17.5 Å². The average Bonchev–Trinajstić information content (AvgIpc) is 2.38. The van der Waals surface area contributed by atoms with E-state index >= 15 is 0 Å². The number of nitrogens with one attached hydrogen (secondary N) is 2. The van der Waals surface area contributed by atoms with E-state index in [9.17, 15) is 9.59 Å². The van der Waals surface area contributed by atoms with E-state index in [-0.39, 0.29) is 0 Å². The lowest BCUT2D eigenvalue weighted by Crippen LogP contribution is -2.40. The van der Waals surface area contributed by atoms with E-state index in [2.05, 4.69) is 10.6 Å². The lowest BCUT2D eigenvalue weighted by atomic mass is 10.2. The highest BCUT2D eigenvalue weighted by Crippen LogP contribution is 2.28. The van der Waals surface area contributed by atoms with Gasteiger partial charge in [-0.05, 0) is 19.1 Å². The number of rotatable bonds is 5. The summed E-state index contributed by atoms with van der Waals surface area (Å²) in [5.41, 5.74) is 0.386. The molecular weight excluding hydrogens is 252 g/mol. The molecule has 19 heavy (non-hydrogen) atoms. The molecule has 0 fully saturated rings. The molecule has 1 aromatic rings. The monoisotopic (exact) mass is 268 g/mol. The smallest absolute Gasteiger partial charge is 0.325 e. The maximum Gasteiger partial charge on any atom is 0.325 e. The van der Waals surface area contributed by atoms with Crippen LogP contribution in [-0.4, -0.2) is 37.4 Å². The molecule has 0 bridgehead atoms. The fourth-order valence-corrected chi connectivity index (χ4v) is 1.33. The lowest BCUT2D eigenvalue weighted by molar-refractivity contribution is -0.138. The third-order valence-corrected chi connectivity index (χ3v) is 2.37. The molecule has 0 heterocycles. The van der Waals surface area contributed by atoms with Crippen LogP contribution in [0.25, 0.3) is 0 Å². The van der Waals surface area contributed by atoms with Crippen LogP contribution in [0.3, 0.4) is 0 Å². The van der Waals surface area contributed by atoms with Crippen LogP contribution in [0.2, 0.25) is 0 Å². The second-order valence-electron chi connectivity index (χ2n) is 3.72. The van der Waals surface area contributed by atoms with Gasteiger partial charge in [0, 0.05) is 6.07 Å². The summed E-state index contributed by atoms with van der Waals surface area (Å²) in [5, 5.41) is 13.5. The molecule has 0 radical (unpaired) electrons. The van der Waals surface area contributed by atoms with Crippen LogP contribution in [0.4, 0.5) is 10.5 Å². The molecule has 2 amide bonds. The molecule has 1 unspecified atom stereocenters. The molecule has 0 aromatic heterocycles. The highest BCUT2D eigenvalue weighted by Gasteiger charge is 2.15. The van der Waals surface area contributed by atoms with Gasteiger partial charge >= 0.3 is 12.0 Å². The molecule has 1 atom stereocenters. The van der Waals surface area contributed by atoms with Gasteiger partial charge in [-0.15, -0.1) is 0 Å². The summed E-state index contributed by atoms with van der Waals surface area (Å²) in [6, 6.07) is 3.26. The Balaban J connectivity index is 2.80. The van der Waals surface area contributed by atoms with Crippen molar-refractivity contribution in [3.63, 3.8) is 0 Å². The van der Waals surface area contributed by atoms with E-state index in [1.807, 2.05) is 0 Å². The van der Waals surface area contributed by atoms with E-state index in [1.165, 1.54) is 21.1 Å². The molecule has 1 rings (SSSR count). The average molecular weight is 268 g/mol. The molecule has 104 valence electrons. The molecule has 1 aromatic carbocycles. The van der Waals surface area contributed by atoms with Crippen LogP contribution in [0.1, 0.15) is 6.92 Å². The first-order valence-corrected chi connectivity index (χ1v) is 5.50. The van der Waals surface area contributed by atoms with Gasteiger partial charge in [0.25, 0.3) is 0 Å². The van der Waals surface area contributed by atoms with Crippen molar-refractivity contribution < 1.29 is 24.2 Å². The summed E-state index contributed by atoms with van der Waals surface area (Å²) in [6.45, 7) is 1.37. The number of carbonyl (C=O) groups is 2. The normalized spacial score (nSPS) is 11.3. The quantitative estimate of drug-likeness (QED) is 0.747. The molecule has 3 N–H and O–H groups in total. The largest absolute Gasteiger partial charge is 0.497 e. The first-order chi connectivity index (χ1) is 8.97. The molecule has 0 aliphatic rings. The summed E-state index contributed by atoms with van der Waals surface area (Å²) in [5.74, 6) is -0.130. The first-order valence-electron chi connectivity index (χ1n) is 5.50. The summed E-state index contributed by atoms with van der Waals surface area (Å²) in [7, 11) is 2.96. The van der Waals surface area contributed by atoms with Crippen molar-refractivity contribution in [3.05, 3.63) is 18.2 Å². The molecule has 0 saturated heterocycles. The third-order valence-electron chi connectivity index (χ3n) is 2.37. The molecule has 0 aliphatic carbocycles. The number of hydrogen-bond acceptors (Lipinski definition) is 4. The number of carboxylic acids is 1. The zero-order valence-corrected chi connectivity index (χ0v) is 10.9. The zero-order valence-electron chi connectivity index (χ0n) is 10.9. The van der Waals surface area contributed by atoms with E-state index < -0.39 is 18.0 Å². The molecule has 7 heteroatoms. The third kappa shape index (κ3) is 4.06. The predicted octanol–water partition coefficient (Wildman–Crippen LogP) is 1.30. The van der Waals surface area contributed by atoms with Crippen LogP contribution < -0.4 is 20.1 Å². The minimum Gasteiger partial charge on any atom is -0.497 e. The van der Waals surface area contributed by atoms with Crippen molar-refractivity contribution in [2.75, 3.05) is 19.5 Å². The molecule has 0 aliphatic heterocycles. The fourth-order valence-electron chi connectivity index (χ4n) is 1.33. The van der Waals surface area contributed by atoms with E-state index in [0.717, 1.165) is 0 Å². The second kappa shape index (κ2) is 6.48. The number of amides is 2. The first kappa shape index (κ1) is 14.6.